The van der Waals surface area contributed by atoms with Crippen LogP contribution in [0.3, 0.4) is 0 Å². The first-order valence-corrected chi connectivity index (χ1v) is 28.5. The highest BCUT2D eigenvalue weighted by molar-refractivity contribution is 14.1. The zero-order valence-corrected chi connectivity index (χ0v) is 46.2. The van der Waals surface area contributed by atoms with E-state index in [1.165, 1.54) is 0 Å². The van der Waals surface area contributed by atoms with Crippen LogP contribution in [-0.2, 0) is 66.6 Å². The molecule has 0 radical (unpaired) electrons. The van der Waals surface area contributed by atoms with E-state index < -0.39 is 83.6 Å². The number of alkyl halides is 1. The second kappa shape index (κ2) is 21.4. The van der Waals surface area contributed by atoms with Crippen LogP contribution >= 0.6 is 34.8 Å². The number of anilines is 1. The van der Waals surface area contributed by atoms with Gasteiger partial charge in [-0.05, 0) is 144 Å². The monoisotopic (exact) mass is 1190 g/mol. The molecule has 7 N–H and O–H groups in total. The average molecular weight is 1190 g/mol. The quantitative estimate of drug-likeness (QED) is 0.0173. The van der Waals surface area contributed by atoms with E-state index >= 15 is 0 Å². The molecule has 2 aliphatic carbocycles. The van der Waals surface area contributed by atoms with Gasteiger partial charge in [-0.25, -0.2) is 27.7 Å². The Morgan fingerprint density at radius 3 is 2.41 bits per heavy atom. The predicted molar refractivity (Wildman–Crippen MR) is 297 cm³/mol. The van der Waals surface area contributed by atoms with Gasteiger partial charge in [-0.3, -0.25) is 19.2 Å². The summed E-state index contributed by atoms with van der Waals surface area (Å²) in [7, 11) is -4.15. The molecule has 400 valence electrons. The first kappa shape index (κ1) is 54.6. The lowest BCUT2D eigenvalue weighted by atomic mass is 9.70. The Labute approximate surface area is 458 Å². The van der Waals surface area contributed by atoms with Crippen LogP contribution in [-0.4, -0.2) is 88.2 Å². The number of carboxylic acids is 1. The number of ether oxygens (including phenoxy) is 2. The number of carbonyl (C=O) groups is 5. The standard InChI is InChI=1S/C55H60IN7O11S2/c1-30(2)45(50(69)74-55(56)39-26-43-46-35(23-34-10-5-6-13-40(34)59-46)27-63(43)48(66)38(39)28-73-51(55)70)61-47(65)41(14-7-8-21-57)60-52(75)58-37-12-9-11-33(24-37)32-17-15-31(16-18-32)22-42(49(67)68)62-76(71,72)29-54-20-19-36(25-44(54)64)53(54,3)4/h5-6,9-13,15-18,23-24,26,30,36,41-42,45,62H,7-8,14,19-22,25,27-29,57H2,1-4H3,(H,61,65)(H,67,68)(H2,58,60,75)/t36?,41?,42-,45?,54?,55-/m0/s1. The van der Waals surface area contributed by atoms with Crippen molar-refractivity contribution in [2.75, 3.05) is 17.6 Å². The number of nitrogens with two attached hydrogens (primary N) is 1. The number of carboxylic acid groups (broad SMARTS) is 1. The maximum atomic E-state index is 14.3. The van der Waals surface area contributed by atoms with Crippen LogP contribution in [0.15, 0.2) is 89.7 Å². The van der Waals surface area contributed by atoms with Crippen molar-refractivity contribution in [3.05, 3.63) is 118 Å². The lowest BCUT2D eigenvalue weighted by Crippen LogP contribution is -2.55. The van der Waals surface area contributed by atoms with Crippen molar-refractivity contribution in [3.8, 4) is 22.5 Å². The molecular weight excluding hydrogens is 1130 g/mol. The predicted octanol–water partition coefficient (Wildman–Crippen LogP) is 6.22. The van der Waals surface area contributed by atoms with Gasteiger partial charge in [0.1, 0.15) is 30.5 Å². The minimum absolute atomic E-state index is 0.0705. The number of rotatable bonds is 19. The molecule has 0 spiro atoms. The Bertz CT molecular complexity index is 3370. The molecule has 2 fully saturated rings. The second-order valence-corrected chi connectivity index (χ2v) is 24.9. The molecular formula is C55H60IN7O11S2. The van der Waals surface area contributed by atoms with E-state index in [2.05, 4.69) is 20.7 Å². The van der Waals surface area contributed by atoms with Crippen LogP contribution in [0.5, 0.6) is 0 Å². The molecule has 9 rings (SSSR count). The van der Waals surface area contributed by atoms with Crippen molar-refractivity contribution < 1.29 is 47.0 Å². The number of pyridine rings is 2. The summed E-state index contributed by atoms with van der Waals surface area (Å²) in [4.78, 5) is 86.5. The molecule has 2 saturated carbocycles. The van der Waals surface area contributed by atoms with Gasteiger partial charge < -0.3 is 40.8 Å². The topological polar surface area (TPSA) is 267 Å². The summed E-state index contributed by atoms with van der Waals surface area (Å²) in [5.41, 5.74) is 9.53. The number of amides is 1. The number of hydrogen-bond acceptors (Lipinski definition) is 13. The fourth-order valence-corrected chi connectivity index (χ4v) is 14.5. The fraction of sp³-hybridized carbons (Fsp3) is 0.418. The van der Waals surface area contributed by atoms with Gasteiger partial charge in [0.05, 0.1) is 34.8 Å². The third kappa shape index (κ3) is 10.5. The van der Waals surface area contributed by atoms with E-state index in [0.717, 1.165) is 34.0 Å². The summed E-state index contributed by atoms with van der Waals surface area (Å²) >= 11 is 7.43. The van der Waals surface area contributed by atoms with E-state index in [1.54, 1.807) is 83.5 Å². The summed E-state index contributed by atoms with van der Waals surface area (Å²) < 4.78 is 40.4. The molecule has 76 heavy (non-hydrogen) atoms. The largest absolute Gasteiger partial charge is 0.480 e. The molecule has 5 aromatic rings. The number of benzene rings is 3. The van der Waals surface area contributed by atoms with E-state index in [0.29, 0.717) is 54.9 Å². The van der Waals surface area contributed by atoms with Crippen LogP contribution in [0.25, 0.3) is 33.4 Å². The Hall–Kier alpha value is -6.14. The summed E-state index contributed by atoms with van der Waals surface area (Å²) in [6, 6.07) is 21.9. The third-order valence-electron chi connectivity index (χ3n) is 15.8. The molecule has 3 aromatic carbocycles. The van der Waals surface area contributed by atoms with Crippen molar-refractivity contribution >= 4 is 96.1 Å². The highest BCUT2D eigenvalue weighted by Crippen LogP contribution is 2.64. The number of nitrogens with one attached hydrogen (secondary N) is 4. The zero-order chi connectivity index (χ0) is 54.5. The summed E-state index contributed by atoms with van der Waals surface area (Å²) in [6.07, 6.45) is 2.89. The first-order valence-electron chi connectivity index (χ1n) is 25.3. The fourth-order valence-electron chi connectivity index (χ4n) is 11.3. The van der Waals surface area contributed by atoms with Crippen molar-refractivity contribution in [1.29, 1.82) is 0 Å². The van der Waals surface area contributed by atoms with Crippen LogP contribution < -0.4 is 32.0 Å². The van der Waals surface area contributed by atoms with Gasteiger partial charge in [0.2, 0.25) is 15.9 Å². The Morgan fingerprint density at radius 2 is 1.72 bits per heavy atom. The van der Waals surface area contributed by atoms with Gasteiger partial charge in [-0.2, -0.15) is 0 Å². The minimum atomic E-state index is -4.15. The number of thiocarbonyl (C=S) groups is 1. The molecule has 6 atom stereocenters. The number of sulfonamides is 1. The van der Waals surface area contributed by atoms with Gasteiger partial charge in [0.15, 0.2) is 5.11 Å². The molecule has 1 amide bonds. The van der Waals surface area contributed by atoms with E-state index in [4.69, 9.17) is 32.4 Å². The molecule has 2 bridgehead atoms. The van der Waals surface area contributed by atoms with Crippen LogP contribution in [0.2, 0.25) is 0 Å². The number of aromatic nitrogens is 2. The number of ketones is 1. The number of hydrogen-bond donors (Lipinski definition) is 6. The van der Waals surface area contributed by atoms with E-state index in [1.807, 2.05) is 56.3 Å². The lowest BCUT2D eigenvalue weighted by molar-refractivity contribution is -0.176. The Morgan fingerprint density at radius 1 is 0.974 bits per heavy atom. The van der Waals surface area contributed by atoms with Crippen LogP contribution in [0.1, 0.15) is 88.5 Å². The van der Waals surface area contributed by atoms with Crippen molar-refractivity contribution in [1.82, 2.24) is 24.9 Å². The van der Waals surface area contributed by atoms with Crippen LogP contribution in [0, 0.1) is 22.7 Å². The number of cyclic esters (lactones) is 1. The molecule has 0 saturated heterocycles. The summed E-state index contributed by atoms with van der Waals surface area (Å²) in [5, 5.41) is 20.2. The van der Waals surface area contributed by atoms with Crippen molar-refractivity contribution in [2.45, 2.75) is 108 Å². The molecule has 4 unspecified atom stereocenters. The SMILES string of the molecule is CC(C)C(NC(=O)C(CCCCN)NC(=S)Nc1cccc(-c2ccc(C[C@H](NS(=O)(=O)CC34CCC(CC3=O)C4(C)C)C(=O)O)cc2)c1)C(=O)O[C@]1(I)C(=O)OCc2c1cc1n(c2=O)Cc2cc3ccccc3nc2-1. The number of nitrogens with zero attached hydrogens (tertiary/aromatic N) is 2. The number of aliphatic carboxylic acids is 1. The lowest BCUT2D eigenvalue weighted by Gasteiger charge is -2.36. The maximum absolute atomic E-state index is 14.3. The summed E-state index contributed by atoms with van der Waals surface area (Å²) in [5.74, 6) is -4.62. The van der Waals surface area contributed by atoms with Gasteiger partial charge >= 0.3 is 17.9 Å². The number of Topliss-reactive ketones (excluding diaryl/α,β-unsaturated/α-hetero) is 1. The molecule has 21 heteroatoms. The number of esters is 2. The molecule has 2 aromatic heterocycles. The average Bonchev–Trinajstić information content (AvgIpc) is 3.93. The molecule has 4 heterocycles. The summed E-state index contributed by atoms with van der Waals surface area (Å²) in [6.45, 7) is 7.64. The number of fused-ring (bicyclic) bond motifs is 7. The first-order chi connectivity index (χ1) is 36.0. The highest BCUT2D eigenvalue weighted by Gasteiger charge is 2.65. The van der Waals surface area contributed by atoms with Crippen molar-refractivity contribution in [3.63, 3.8) is 0 Å². The van der Waals surface area contributed by atoms with E-state index in [-0.39, 0.29) is 53.9 Å². The van der Waals surface area contributed by atoms with Crippen molar-refractivity contribution in [2.24, 2.45) is 28.4 Å². The highest BCUT2D eigenvalue weighted by atomic mass is 127. The smallest absolute Gasteiger partial charge is 0.366 e. The number of halogens is 1. The van der Waals surface area contributed by atoms with Gasteiger partial charge in [-0.15, -0.1) is 0 Å². The van der Waals surface area contributed by atoms with Gasteiger partial charge in [-0.1, -0.05) is 82.3 Å². The minimum Gasteiger partial charge on any atom is -0.480 e. The molecule has 18 nitrogen and oxygen atoms in total. The second-order valence-electron chi connectivity index (χ2n) is 21.2. The Kier molecular flexibility index (Phi) is 15.4. The van der Waals surface area contributed by atoms with Gasteiger partial charge in [0, 0.05) is 34.0 Å². The van der Waals surface area contributed by atoms with E-state index in [9.17, 15) is 42.3 Å². The van der Waals surface area contributed by atoms with Gasteiger partial charge in [0.25, 0.3) is 9.17 Å². The number of carbonyl (C=O) groups excluding carboxylic acids is 4. The number of para-hydroxylation sites is 1. The zero-order valence-electron chi connectivity index (χ0n) is 42.4. The number of unbranched alkanes of at least 4 members (excludes halogenated alkanes) is 1. The van der Waals surface area contributed by atoms with Crippen LogP contribution in [0.4, 0.5) is 5.69 Å². The normalized spacial score (nSPS) is 21.2. The maximum Gasteiger partial charge on any atom is 0.366 e. The third-order valence-corrected chi connectivity index (χ3v) is 18.8. The Balaban J connectivity index is 0.852. The molecule has 4 aliphatic rings. The molecule has 2 aliphatic heterocycles.